The molecule has 1 aromatic carbocycles. The summed E-state index contributed by atoms with van der Waals surface area (Å²) < 4.78 is 19.3. The molecule has 180 valence electrons. The number of aliphatic imine (C=N–C) groups is 1. The second-order valence-corrected chi connectivity index (χ2v) is 10.1. The van der Waals surface area contributed by atoms with Crippen LogP contribution in [0, 0.1) is 11.7 Å². The molecule has 1 atom stereocenters. The van der Waals surface area contributed by atoms with Crippen molar-refractivity contribution in [1.82, 2.24) is 9.97 Å². The molecule has 3 rings (SSSR count). The van der Waals surface area contributed by atoms with Crippen LogP contribution in [0.3, 0.4) is 0 Å². The number of anilines is 2. The van der Waals surface area contributed by atoms with Crippen LogP contribution < -0.4 is 10.1 Å². The van der Waals surface area contributed by atoms with Crippen LogP contribution in [-0.2, 0) is 6.42 Å². The molecule has 1 N–H and O–H groups in total. The monoisotopic (exact) mass is 518 g/mol. The molecule has 0 saturated carbocycles. The van der Waals surface area contributed by atoms with Crippen molar-refractivity contribution >= 4 is 57.3 Å². The van der Waals surface area contributed by atoms with Gasteiger partial charge in [0.1, 0.15) is 5.82 Å². The lowest BCUT2D eigenvalue weighted by Crippen LogP contribution is -2.03. The maximum atomic E-state index is 13.8. The Kier molecular flexibility index (Phi) is 9.92. The first-order valence-electron chi connectivity index (χ1n) is 11.0. The van der Waals surface area contributed by atoms with Crippen molar-refractivity contribution in [1.29, 1.82) is 0 Å². The molecule has 0 aliphatic rings. The number of ether oxygens (including phenoxy) is 1. The van der Waals surface area contributed by atoms with Crippen molar-refractivity contribution in [2.45, 2.75) is 33.6 Å². The van der Waals surface area contributed by atoms with Crippen molar-refractivity contribution in [3.05, 3.63) is 69.7 Å². The number of allylic oxidation sites excluding steroid dienone is 1. The predicted molar refractivity (Wildman–Crippen MR) is 144 cm³/mol. The standard InChI is InChI=1S/C25H28ClFN4OS2/c1-5-16(2)14-33-24(17(3)28-4)21-15-34-25(30-21)31-23-9-6-18(13-29-23)10-11-32-22-8-7-19(26)12-20(22)27/h6-9,12-13,15-16H,4-5,10-11,14H2,1-3H3,(H,29,30,31)/b24-17-. The SMILES string of the molecule is C=N/C(C)=C(\SCC(C)CC)c1csc(Nc2ccc(CCOc3ccc(Cl)cc3F)cn2)n1. The highest BCUT2D eigenvalue weighted by Gasteiger charge is 2.13. The van der Waals surface area contributed by atoms with Crippen LogP contribution in [0.5, 0.6) is 5.75 Å². The van der Waals surface area contributed by atoms with Crippen LogP contribution >= 0.6 is 34.7 Å². The third-order valence-corrected chi connectivity index (χ3v) is 7.64. The van der Waals surface area contributed by atoms with Crippen LogP contribution in [0.25, 0.3) is 4.91 Å². The van der Waals surface area contributed by atoms with Gasteiger partial charge in [-0.25, -0.2) is 14.4 Å². The van der Waals surface area contributed by atoms with Crippen molar-refractivity contribution in [2.24, 2.45) is 10.9 Å². The number of nitrogens with one attached hydrogen (secondary N) is 1. The molecule has 9 heteroatoms. The molecule has 0 bridgehead atoms. The maximum Gasteiger partial charge on any atom is 0.188 e. The molecule has 5 nitrogen and oxygen atoms in total. The number of rotatable bonds is 12. The van der Waals surface area contributed by atoms with Crippen LogP contribution in [0.1, 0.15) is 38.4 Å². The van der Waals surface area contributed by atoms with E-state index in [1.54, 1.807) is 24.0 Å². The van der Waals surface area contributed by atoms with Crippen LogP contribution in [0.15, 0.2) is 52.6 Å². The molecule has 3 aromatic rings. The van der Waals surface area contributed by atoms with Gasteiger partial charge < -0.3 is 10.1 Å². The van der Waals surface area contributed by atoms with Crippen molar-refractivity contribution in [3.63, 3.8) is 0 Å². The molecule has 0 spiro atoms. The Morgan fingerprint density at radius 1 is 1.35 bits per heavy atom. The fourth-order valence-electron chi connectivity index (χ4n) is 2.84. The highest BCUT2D eigenvalue weighted by molar-refractivity contribution is 8.08. The van der Waals surface area contributed by atoms with E-state index in [4.69, 9.17) is 21.3 Å². The van der Waals surface area contributed by atoms with Gasteiger partial charge in [-0.2, -0.15) is 0 Å². The van der Waals surface area contributed by atoms with Gasteiger partial charge in [-0.05, 0) is 49.4 Å². The highest BCUT2D eigenvalue weighted by atomic mass is 35.5. The second kappa shape index (κ2) is 12.9. The number of nitrogens with zero attached hydrogens (tertiary/aromatic N) is 3. The lowest BCUT2D eigenvalue weighted by Gasteiger charge is -2.11. The molecule has 0 amide bonds. The highest BCUT2D eigenvalue weighted by Crippen LogP contribution is 2.35. The molecular formula is C25H28ClFN4OS2. The Morgan fingerprint density at radius 2 is 2.18 bits per heavy atom. The van der Waals surface area contributed by atoms with E-state index in [0.717, 1.165) is 39.2 Å². The van der Waals surface area contributed by atoms with Crippen molar-refractivity contribution in [3.8, 4) is 5.75 Å². The number of halogens is 2. The molecule has 0 radical (unpaired) electrons. The minimum absolute atomic E-state index is 0.188. The number of thiazole rings is 1. The number of pyridine rings is 1. The van der Waals surface area contributed by atoms with E-state index < -0.39 is 5.82 Å². The molecule has 0 aliphatic heterocycles. The van der Waals surface area contributed by atoms with E-state index in [2.05, 4.69) is 35.9 Å². The summed E-state index contributed by atoms with van der Waals surface area (Å²) in [5.74, 6) is 2.05. The van der Waals surface area contributed by atoms with Gasteiger partial charge in [0.05, 0.1) is 22.9 Å². The summed E-state index contributed by atoms with van der Waals surface area (Å²) in [6.45, 7) is 10.4. The summed E-state index contributed by atoms with van der Waals surface area (Å²) in [5.41, 5.74) is 2.77. The number of hydrogen-bond donors (Lipinski definition) is 1. The average molecular weight is 519 g/mol. The molecular weight excluding hydrogens is 491 g/mol. The van der Waals surface area contributed by atoms with Crippen LogP contribution in [0.2, 0.25) is 5.02 Å². The van der Waals surface area contributed by atoms with Crippen LogP contribution in [-0.4, -0.2) is 29.0 Å². The Bertz CT molecular complexity index is 1130. The Morgan fingerprint density at radius 3 is 2.85 bits per heavy atom. The fraction of sp³-hybridized carbons (Fsp3) is 0.320. The Labute approximate surface area is 213 Å². The van der Waals surface area contributed by atoms with Gasteiger partial charge in [0.15, 0.2) is 16.7 Å². The molecule has 1 unspecified atom stereocenters. The van der Waals surface area contributed by atoms with E-state index in [-0.39, 0.29) is 5.75 Å². The molecule has 2 heterocycles. The summed E-state index contributed by atoms with van der Waals surface area (Å²) in [5, 5.41) is 6.39. The molecule has 0 fully saturated rings. The third-order valence-electron chi connectivity index (χ3n) is 5.11. The molecule has 34 heavy (non-hydrogen) atoms. The zero-order chi connectivity index (χ0) is 24.5. The van der Waals surface area contributed by atoms with E-state index in [1.807, 2.05) is 24.4 Å². The third kappa shape index (κ3) is 7.55. The quantitative estimate of drug-likeness (QED) is 0.247. The van der Waals surface area contributed by atoms with Gasteiger partial charge in [0, 0.05) is 28.8 Å². The maximum absolute atomic E-state index is 13.8. The second-order valence-electron chi connectivity index (χ2n) is 7.78. The summed E-state index contributed by atoms with van der Waals surface area (Å²) >= 11 is 9.06. The van der Waals surface area contributed by atoms with Crippen molar-refractivity contribution < 1.29 is 9.13 Å². The first kappa shape index (κ1) is 26.2. The fourth-order valence-corrected chi connectivity index (χ4v) is 5.00. The van der Waals surface area contributed by atoms with Gasteiger partial charge in [0.2, 0.25) is 0 Å². The number of benzene rings is 1. The number of thioether (sulfide) groups is 1. The normalized spacial score (nSPS) is 12.7. The van der Waals surface area contributed by atoms with Gasteiger partial charge in [0.25, 0.3) is 0 Å². The molecule has 0 aliphatic carbocycles. The lowest BCUT2D eigenvalue weighted by molar-refractivity contribution is 0.305. The Balaban J connectivity index is 1.57. The van der Waals surface area contributed by atoms with Gasteiger partial charge >= 0.3 is 0 Å². The zero-order valence-electron chi connectivity index (χ0n) is 19.5. The van der Waals surface area contributed by atoms with E-state index in [9.17, 15) is 4.39 Å². The lowest BCUT2D eigenvalue weighted by atomic mass is 10.2. The van der Waals surface area contributed by atoms with E-state index >= 15 is 0 Å². The Hall–Kier alpha value is -2.42. The van der Waals surface area contributed by atoms with Gasteiger partial charge in [-0.1, -0.05) is 37.9 Å². The topological polar surface area (TPSA) is 59.4 Å². The van der Waals surface area contributed by atoms with Gasteiger partial charge in [-0.15, -0.1) is 23.1 Å². The average Bonchev–Trinajstić information content (AvgIpc) is 3.29. The number of aromatic nitrogens is 2. The first-order valence-corrected chi connectivity index (χ1v) is 13.2. The minimum atomic E-state index is -0.469. The van der Waals surface area contributed by atoms with Gasteiger partial charge in [-0.3, -0.25) is 4.99 Å². The summed E-state index contributed by atoms with van der Waals surface area (Å²) in [4.78, 5) is 14.4. The van der Waals surface area contributed by atoms with Crippen molar-refractivity contribution in [2.75, 3.05) is 17.7 Å². The molecule has 0 saturated heterocycles. The summed E-state index contributed by atoms with van der Waals surface area (Å²) in [6.07, 6.45) is 3.51. The predicted octanol–water partition coefficient (Wildman–Crippen LogP) is 7.86. The zero-order valence-corrected chi connectivity index (χ0v) is 21.9. The first-order chi connectivity index (χ1) is 16.4. The minimum Gasteiger partial charge on any atom is -0.490 e. The number of hydrogen-bond acceptors (Lipinski definition) is 7. The largest absolute Gasteiger partial charge is 0.490 e. The smallest absolute Gasteiger partial charge is 0.188 e. The molecule has 2 aromatic heterocycles. The van der Waals surface area contributed by atoms with E-state index in [1.165, 1.54) is 23.5 Å². The van der Waals surface area contributed by atoms with E-state index in [0.29, 0.717) is 29.8 Å². The summed E-state index contributed by atoms with van der Waals surface area (Å²) in [7, 11) is 0. The summed E-state index contributed by atoms with van der Waals surface area (Å²) in [6, 6.07) is 8.22. The van der Waals surface area contributed by atoms with Crippen LogP contribution in [0.4, 0.5) is 15.3 Å².